The molecular formula is C31H27F2N5O4. The van der Waals surface area contributed by atoms with Gasteiger partial charge in [-0.05, 0) is 61.5 Å². The molecule has 1 saturated heterocycles. The number of dihydropyridines is 1. The third-order valence-electron chi connectivity index (χ3n) is 6.87. The molecule has 0 saturated carbocycles. The van der Waals surface area contributed by atoms with Crippen molar-refractivity contribution in [2.75, 3.05) is 18.4 Å². The van der Waals surface area contributed by atoms with Crippen LogP contribution >= 0.6 is 0 Å². The molecule has 3 N–H and O–H groups in total. The molecule has 2 aliphatic rings. The summed E-state index contributed by atoms with van der Waals surface area (Å²) in [6, 6.07) is 12.1. The van der Waals surface area contributed by atoms with E-state index in [1.807, 2.05) is 4.90 Å². The first-order chi connectivity index (χ1) is 20.2. The molecule has 9 nitrogen and oxygen atoms in total. The van der Waals surface area contributed by atoms with Crippen molar-refractivity contribution in [2.24, 2.45) is 0 Å². The minimum Gasteiger partial charge on any atom is -0.452 e. The fourth-order valence-corrected chi connectivity index (χ4v) is 4.66. The molecule has 2 aromatic carbocycles. The maximum Gasteiger partial charge on any atom is 0.268 e. The second kappa shape index (κ2) is 12.0. The zero-order chi connectivity index (χ0) is 29.8. The highest BCUT2D eigenvalue weighted by atomic mass is 19.1. The van der Waals surface area contributed by atoms with Crippen molar-refractivity contribution in [1.29, 1.82) is 5.41 Å². The highest BCUT2D eigenvalue weighted by Crippen LogP contribution is 2.28. The summed E-state index contributed by atoms with van der Waals surface area (Å²) in [5, 5.41) is 13.0. The fourth-order valence-electron chi connectivity index (χ4n) is 4.66. The Bertz CT molecular complexity index is 1710. The Balaban J connectivity index is 1.35. The van der Waals surface area contributed by atoms with Gasteiger partial charge >= 0.3 is 0 Å². The number of piperidine rings is 1. The van der Waals surface area contributed by atoms with Crippen LogP contribution in [-0.4, -0.2) is 40.5 Å². The SMILES string of the molecule is Cc1ccc(C(=O)Nc2ccc(OC3=CC(N4CCC(=O)CC4)=CN/C3=C\C=N)c(F)c2)c(=O)n1-c1ccc(F)cc1. The van der Waals surface area contributed by atoms with E-state index in [-0.39, 0.29) is 28.5 Å². The van der Waals surface area contributed by atoms with E-state index in [0.29, 0.717) is 43.0 Å². The molecule has 0 unspecified atom stereocenters. The third-order valence-corrected chi connectivity index (χ3v) is 6.87. The van der Waals surface area contributed by atoms with E-state index in [9.17, 15) is 18.8 Å². The van der Waals surface area contributed by atoms with Crippen LogP contribution in [-0.2, 0) is 4.79 Å². The Labute approximate surface area is 239 Å². The summed E-state index contributed by atoms with van der Waals surface area (Å²) >= 11 is 0. The second-order valence-corrected chi connectivity index (χ2v) is 9.70. The molecule has 11 heteroatoms. The van der Waals surface area contributed by atoms with Gasteiger partial charge in [-0.1, -0.05) is 0 Å². The Morgan fingerprint density at radius 2 is 1.79 bits per heavy atom. The van der Waals surface area contributed by atoms with Gasteiger partial charge in [-0.2, -0.15) is 0 Å². The lowest BCUT2D eigenvalue weighted by atomic mass is 10.1. The van der Waals surface area contributed by atoms with Crippen LogP contribution in [0.3, 0.4) is 0 Å². The van der Waals surface area contributed by atoms with Crippen molar-refractivity contribution in [3.63, 3.8) is 0 Å². The van der Waals surface area contributed by atoms with Gasteiger partial charge in [-0.15, -0.1) is 0 Å². The molecule has 2 aliphatic heterocycles. The first-order valence-corrected chi connectivity index (χ1v) is 13.2. The minimum atomic E-state index is -0.768. The number of benzene rings is 2. The number of hydrogen-bond acceptors (Lipinski definition) is 7. The molecular weight excluding hydrogens is 544 g/mol. The predicted octanol–water partition coefficient (Wildman–Crippen LogP) is 4.58. The van der Waals surface area contributed by atoms with E-state index in [1.165, 1.54) is 53.1 Å². The van der Waals surface area contributed by atoms with Gasteiger partial charge in [0.15, 0.2) is 17.3 Å². The van der Waals surface area contributed by atoms with Gasteiger partial charge in [-0.25, -0.2) is 8.78 Å². The monoisotopic (exact) mass is 571 g/mol. The van der Waals surface area contributed by atoms with Crippen LogP contribution < -0.4 is 20.9 Å². The van der Waals surface area contributed by atoms with Gasteiger partial charge in [0.2, 0.25) is 0 Å². The smallest absolute Gasteiger partial charge is 0.268 e. The van der Waals surface area contributed by atoms with Crippen molar-refractivity contribution < 1.29 is 23.1 Å². The van der Waals surface area contributed by atoms with Gasteiger partial charge in [-0.3, -0.25) is 19.0 Å². The molecule has 1 amide bonds. The molecule has 0 spiro atoms. The molecule has 42 heavy (non-hydrogen) atoms. The second-order valence-electron chi connectivity index (χ2n) is 9.70. The van der Waals surface area contributed by atoms with Gasteiger partial charge in [0, 0.05) is 67.6 Å². The summed E-state index contributed by atoms with van der Waals surface area (Å²) in [7, 11) is 0. The highest BCUT2D eigenvalue weighted by Gasteiger charge is 2.22. The number of aromatic nitrogens is 1. The Hall–Kier alpha value is -5.32. The summed E-state index contributed by atoms with van der Waals surface area (Å²) in [5.74, 6) is -1.62. The number of allylic oxidation sites excluding steroid dienone is 2. The first-order valence-electron chi connectivity index (χ1n) is 13.2. The number of nitrogens with zero attached hydrogens (tertiary/aromatic N) is 2. The molecule has 1 aromatic heterocycles. The molecule has 0 bridgehead atoms. The maximum atomic E-state index is 15.2. The van der Waals surface area contributed by atoms with Crippen molar-refractivity contribution in [3.8, 4) is 11.4 Å². The molecule has 214 valence electrons. The molecule has 1 fully saturated rings. The van der Waals surface area contributed by atoms with E-state index < -0.39 is 23.1 Å². The highest BCUT2D eigenvalue weighted by molar-refractivity contribution is 6.04. The average molecular weight is 572 g/mol. The van der Waals surface area contributed by atoms with Crippen molar-refractivity contribution in [2.45, 2.75) is 19.8 Å². The number of ether oxygens (including phenoxy) is 1. The molecule has 0 aliphatic carbocycles. The summed E-state index contributed by atoms with van der Waals surface area (Å²) in [6.45, 7) is 2.80. The predicted molar refractivity (Wildman–Crippen MR) is 154 cm³/mol. The van der Waals surface area contributed by atoms with Crippen LogP contribution in [0.25, 0.3) is 5.69 Å². The van der Waals surface area contributed by atoms with E-state index in [0.717, 1.165) is 18.0 Å². The number of hydrogen-bond donors (Lipinski definition) is 3. The number of aryl methyl sites for hydroxylation is 1. The number of nitrogens with one attached hydrogen (secondary N) is 3. The van der Waals surface area contributed by atoms with Crippen LogP contribution in [0.5, 0.6) is 5.75 Å². The normalized spacial score (nSPS) is 15.9. The van der Waals surface area contributed by atoms with E-state index in [1.54, 1.807) is 25.3 Å². The van der Waals surface area contributed by atoms with Crippen molar-refractivity contribution >= 4 is 23.6 Å². The first kappa shape index (κ1) is 28.2. The fraction of sp³-hybridized carbons (Fsp3) is 0.161. The number of pyridine rings is 1. The lowest BCUT2D eigenvalue weighted by Gasteiger charge is -2.31. The number of carbonyl (C=O) groups excluding carboxylic acids is 2. The van der Waals surface area contributed by atoms with Crippen LogP contribution in [0.15, 0.2) is 94.9 Å². The van der Waals surface area contributed by atoms with Gasteiger partial charge in [0.1, 0.15) is 17.2 Å². The van der Waals surface area contributed by atoms with Crippen LogP contribution in [0.2, 0.25) is 0 Å². The number of rotatable bonds is 7. The zero-order valence-corrected chi connectivity index (χ0v) is 22.6. The number of anilines is 1. The maximum absolute atomic E-state index is 15.2. The number of Topliss-reactive ketones (excluding diaryl/α,β-unsaturated/α-hetero) is 1. The molecule has 3 aromatic rings. The number of likely N-dealkylation sites (tertiary alicyclic amines) is 1. The average Bonchev–Trinajstić information content (AvgIpc) is 2.97. The van der Waals surface area contributed by atoms with Crippen LogP contribution in [0, 0.1) is 24.0 Å². The van der Waals surface area contributed by atoms with Gasteiger partial charge in [0.05, 0.1) is 11.4 Å². The molecule has 3 heterocycles. The van der Waals surface area contributed by atoms with Gasteiger partial charge < -0.3 is 25.7 Å². The summed E-state index contributed by atoms with van der Waals surface area (Å²) in [6.07, 6.45) is 6.86. The Morgan fingerprint density at radius 3 is 2.48 bits per heavy atom. The topological polar surface area (TPSA) is 117 Å². The van der Waals surface area contributed by atoms with Crippen molar-refractivity contribution in [3.05, 3.63) is 123 Å². The summed E-state index contributed by atoms with van der Waals surface area (Å²) in [5.41, 5.74) is 1.46. The largest absolute Gasteiger partial charge is 0.452 e. The standard InChI is InChI=1S/C31H27F2N5O4/c1-19-2-8-25(31(41)38(19)22-6-3-20(32)4-7-22)30(40)36-21-5-9-28(26(33)16-21)42-29-17-23(18-35-27(29)10-13-34)37-14-11-24(39)12-15-37/h2-10,13,16-18,34-35H,11-12,14-15H2,1H3,(H,36,40)/b27-10-,34-13?. The van der Waals surface area contributed by atoms with Crippen LogP contribution in [0.1, 0.15) is 28.9 Å². The third kappa shape index (κ3) is 6.04. The number of halogens is 2. The van der Waals surface area contributed by atoms with E-state index >= 15 is 4.39 Å². The summed E-state index contributed by atoms with van der Waals surface area (Å²) < 4.78 is 35.7. The molecule has 0 radical (unpaired) electrons. The van der Waals surface area contributed by atoms with Crippen molar-refractivity contribution in [1.82, 2.24) is 14.8 Å². The lowest BCUT2D eigenvalue weighted by Crippen LogP contribution is -2.34. The van der Waals surface area contributed by atoms with Crippen LogP contribution in [0.4, 0.5) is 14.5 Å². The number of amides is 1. The lowest BCUT2D eigenvalue weighted by molar-refractivity contribution is -0.121. The number of carbonyl (C=O) groups is 2. The van der Waals surface area contributed by atoms with E-state index in [4.69, 9.17) is 10.1 Å². The molecule has 5 rings (SSSR count). The Morgan fingerprint density at radius 1 is 1.05 bits per heavy atom. The van der Waals surface area contributed by atoms with E-state index in [2.05, 4.69) is 10.6 Å². The molecule has 0 atom stereocenters. The summed E-state index contributed by atoms with van der Waals surface area (Å²) in [4.78, 5) is 39.8. The number of ketones is 1. The quantitative estimate of drug-likeness (QED) is 0.358. The minimum absolute atomic E-state index is 0.0998. The Kier molecular flexibility index (Phi) is 8.09. The van der Waals surface area contributed by atoms with Gasteiger partial charge in [0.25, 0.3) is 11.5 Å². The zero-order valence-electron chi connectivity index (χ0n) is 22.6.